The zero-order valence-electron chi connectivity index (χ0n) is 13.4. The minimum absolute atomic E-state index is 0.0752. The fourth-order valence-corrected chi connectivity index (χ4v) is 2.52. The van der Waals surface area contributed by atoms with Crippen LogP contribution in [0.4, 0.5) is 0 Å². The molecule has 0 saturated heterocycles. The Kier molecular flexibility index (Phi) is 4.92. The maximum atomic E-state index is 12.9. The van der Waals surface area contributed by atoms with Crippen LogP contribution in [0.3, 0.4) is 0 Å². The van der Waals surface area contributed by atoms with E-state index in [2.05, 4.69) is 10.1 Å². The molecule has 3 aromatic rings. The minimum Gasteiger partial charge on any atom is -0.497 e. The number of methoxy groups -OCH3 is 2. The zero-order valence-corrected chi connectivity index (χ0v) is 14.9. The summed E-state index contributed by atoms with van der Waals surface area (Å²) < 4.78 is 11.4. The molecule has 8 heteroatoms. The van der Waals surface area contributed by atoms with Crippen LogP contribution in [0, 0.1) is 0 Å². The smallest absolute Gasteiger partial charge is 0.336 e. The molecule has 0 aliphatic heterocycles. The van der Waals surface area contributed by atoms with E-state index in [0.29, 0.717) is 27.7 Å². The summed E-state index contributed by atoms with van der Waals surface area (Å²) >= 11 is 11.9. The fourth-order valence-electron chi connectivity index (χ4n) is 2.22. The molecule has 1 aromatic heterocycles. The van der Waals surface area contributed by atoms with Crippen molar-refractivity contribution in [3.63, 3.8) is 0 Å². The van der Waals surface area contributed by atoms with Gasteiger partial charge in [0.05, 0.1) is 24.3 Å². The van der Waals surface area contributed by atoms with Crippen LogP contribution in [0.25, 0.3) is 11.4 Å². The lowest BCUT2D eigenvalue weighted by Gasteiger charge is -2.07. The normalized spacial score (nSPS) is 10.6. The van der Waals surface area contributed by atoms with Crippen molar-refractivity contribution in [2.45, 2.75) is 0 Å². The molecule has 0 N–H and O–H groups in total. The van der Waals surface area contributed by atoms with E-state index in [4.69, 9.17) is 32.7 Å². The van der Waals surface area contributed by atoms with Crippen LogP contribution in [0.15, 0.2) is 42.5 Å². The highest BCUT2D eigenvalue weighted by Gasteiger charge is 2.20. The van der Waals surface area contributed by atoms with E-state index < -0.39 is 5.91 Å². The van der Waals surface area contributed by atoms with Crippen molar-refractivity contribution < 1.29 is 14.3 Å². The van der Waals surface area contributed by atoms with Crippen molar-refractivity contribution in [1.82, 2.24) is 14.8 Å². The molecule has 6 nitrogen and oxygen atoms in total. The molecule has 0 unspecified atom stereocenters. The van der Waals surface area contributed by atoms with Gasteiger partial charge in [0.25, 0.3) is 5.91 Å². The maximum Gasteiger partial charge on any atom is 0.336 e. The number of benzene rings is 2. The molecule has 0 saturated carbocycles. The number of ether oxygens (including phenoxy) is 2. The van der Waals surface area contributed by atoms with Gasteiger partial charge < -0.3 is 9.47 Å². The maximum absolute atomic E-state index is 12.9. The van der Waals surface area contributed by atoms with Crippen molar-refractivity contribution in [2.75, 3.05) is 14.2 Å². The molecular formula is C17H13Cl2N3O3. The molecular weight excluding hydrogens is 365 g/mol. The summed E-state index contributed by atoms with van der Waals surface area (Å²) in [5, 5.41) is 4.75. The predicted octanol–water partition coefficient (Wildman–Crippen LogP) is 3.96. The number of nitrogens with zero attached hydrogens (tertiary/aromatic N) is 3. The Morgan fingerprint density at radius 2 is 1.84 bits per heavy atom. The van der Waals surface area contributed by atoms with Gasteiger partial charge in [-0.2, -0.15) is 9.67 Å². The first-order valence-corrected chi connectivity index (χ1v) is 7.94. The summed E-state index contributed by atoms with van der Waals surface area (Å²) in [6, 6.07) is 11.8. The monoisotopic (exact) mass is 377 g/mol. The van der Waals surface area contributed by atoms with Crippen LogP contribution < -0.4 is 9.47 Å². The SMILES string of the molecule is COc1cccc(-c2nc(OC)nn2C(=O)c2ccc(Cl)c(Cl)c2)c1. The van der Waals surface area contributed by atoms with Gasteiger partial charge in [-0.25, -0.2) is 0 Å². The van der Waals surface area contributed by atoms with Crippen LogP contribution in [0.5, 0.6) is 11.8 Å². The summed E-state index contributed by atoms with van der Waals surface area (Å²) in [5.41, 5.74) is 0.981. The Labute approximate surface area is 153 Å². The average Bonchev–Trinajstić information content (AvgIpc) is 3.08. The molecule has 2 aromatic carbocycles. The highest BCUT2D eigenvalue weighted by molar-refractivity contribution is 6.42. The molecule has 3 rings (SSSR count). The summed E-state index contributed by atoms with van der Waals surface area (Å²) in [5.74, 6) is 0.548. The Hall–Kier alpha value is -2.57. The third kappa shape index (κ3) is 3.45. The molecule has 0 fully saturated rings. The van der Waals surface area contributed by atoms with Crippen molar-refractivity contribution >= 4 is 29.1 Å². The largest absolute Gasteiger partial charge is 0.497 e. The summed E-state index contributed by atoms with van der Waals surface area (Å²) in [6.07, 6.45) is 0. The Morgan fingerprint density at radius 3 is 2.52 bits per heavy atom. The zero-order chi connectivity index (χ0) is 18.0. The van der Waals surface area contributed by atoms with Crippen LogP contribution in [0.1, 0.15) is 10.4 Å². The molecule has 0 spiro atoms. The standard InChI is InChI=1S/C17H13Cl2N3O3/c1-24-12-5-3-4-10(8-12)15-20-17(25-2)21-22(15)16(23)11-6-7-13(18)14(19)9-11/h3-9H,1-2H3. The number of hydrogen-bond acceptors (Lipinski definition) is 5. The quantitative estimate of drug-likeness (QED) is 0.688. The second-order valence-electron chi connectivity index (χ2n) is 5.00. The van der Waals surface area contributed by atoms with E-state index in [0.717, 1.165) is 4.68 Å². The highest BCUT2D eigenvalue weighted by atomic mass is 35.5. The lowest BCUT2D eigenvalue weighted by atomic mass is 10.2. The Balaban J connectivity index is 2.10. The molecule has 0 bridgehead atoms. The molecule has 25 heavy (non-hydrogen) atoms. The second-order valence-corrected chi connectivity index (χ2v) is 5.81. The van der Waals surface area contributed by atoms with Gasteiger partial charge in [-0.1, -0.05) is 35.3 Å². The lowest BCUT2D eigenvalue weighted by molar-refractivity contribution is 0.0945. The number of carbonyl (C=O) groups excluding carboxylic acids is 1. The van der Waals surface area contributed by atoms with E-state index in [9.17, 15) is 4.79 Å². The van der Waals surface area contributed by atoms with E-state index in [1.807, 2.05) is 0 Å². The molecule has 0 amide bonds. The van der Waals surface area contributed by atoms with Gasteiger partial charge in [0.2, 0.25) is 0 Å². The summed E-state index contributed by atoms with van der Waals surface area (Å²) in [6.45, 7) is 0. The Bertz CT molecular complexity index is 941. The molecule has 0 aliphatic carbocycles. The van der Waals surface area contributed by atoms with Crippen LogP contribution in [-0.4, -0.2) is 34.9 Å². The average molecular weight is 378 g/mol. The van der Waals surface area contributed by atoms with Gasteiger partial charge >= 0.3 is 6.01 Å². The number of aromatic nitrogens is 3. The van der Waals surface area contributed by atoms with E-state index >= 15 is 0 Å². The first-order valence-electron chi connectivity index (χ1n) is 7.18. The minimum atomic E-state index is -0.410. The fraction of sp³-hybridized carbons (Fsp3) is 0.118. The molecule has 128 valence electrons. The third-order valence-corrected chi connectivity index (χ3v) is 4.20. The van der Waals surface area contributed by atoms with E-state index in [-0.39, 0.29) is 11.0 Å². The van der Waals surface area contributed by atoms with Crippen molar-refractivity contribution in [3.05, 3.63) is 58.1 Å². The number of rotatable bonds is 4. The van der Waals surface area contributed by atoms with Gasteiger partial charge in [0, 0.05) is 11.1 Å². The molecule has 0 radical (unpaired) electrons. The van der Waals surface area contributed by atoms with Gasteiger partial charge in [-0.3, -0.25) is 4.79 Å². The van der Waals surface area contributed by atoms with Gasteiger partial charge in [0.15, 0.2) is 5.82 Å². The van der Waals surface area contributed by atoms with Crippen molar-refractivity contribution in [3.8, 4) is 23.1 Å². The van der Waals surface area contributed by atoms with Crippen molar-refractivity contribution in [2.24, 2.45) is 0 Å². The molecule has 0 atom stereocenters. The first-order chi connectivity index (χ1) is 12.0. The number of halogens is 2. The van der Waals surface area contributed by atoms with E-state index in [1.54, 1.807) is 43.5 Å². The Morgan fingerprint density at radius 1 is 1.04 bits per heavy atom. The lowest BCUT2D eigenvalue weighted by Crippen LogP contribution is -2.15. The van der Waals surface area contributed by atoms with Crippen LogP contribution >= 0.6 is 23.2 Å². The highest BCUT2D eigenvalue weighted by Crippen LogP contribution is 2.26. The topological polar surface area (TPSA) is 66.2 Å². The third-order valence-electron chi connectivity index (χ3n) is 3.46. The van der Waals surface area contributed by atoms with Gasteiger partial charge in [-0.15, -0.1) is 5.10 Å². The van der Waals surface area contributed by atoms with Crippen molar-refractivity contribution in [1.29, 1.82) is 0 Å². The van der Waals surface area contributed by atoms with Gasteiger partial charge in [0.1, 0.15) is 5.75 Å². The van der Waals surface area contributed by atoms with Gasteiger partial charge in [-0.05, 0) is 30.3 Å². The number of carbonyl (C=O) groups is 1. The number of hydrogen-bond donors (Lipinski definition) is 0. The summed E-state index contributed by atoms with van der Waals surface area (Å²) in [7, 11) is 2.99. The molecule has 0 aliphatic rings. The molecule has 1 heterocycles. The van der Waals surface area contributed by atoms with Crippen LogP contribution in [-0.2, 0) is 0 Å². The van der Waals surface area contributed by atoms with E-state index in [1.165, 1.54) is 13.2 Å². The first kappa shape index (κ1) is 17.3. The second kappa shape index (κ2) is 7.13. The van der Waals surface area contributed by atoms with Crippen LogP contribution in [0.2, 0.25) is 10.0 Å². The summed E-state index contributed by atoms with van der Waals surface area (Å²) in [4.78, 5) is 17.1. The predicted molar refractivity (Wildman–Crippen MR) is 94.8 cm³/mol.